The third kappa shape index (κ3) is 2.76. The normalized spacial score (nSPS) is 35.4. The second-order valence-electron chi connectivity index (χ2n) is 6.14. The highest BCUT2D eigenvalue weighted by Gasteiger charge is 2.39. The maximum absolute atomic E-state index is 5.95. The Morgan fingerprint density at radius 3 is 2.39 bits per heavy atom. The fourth-order valence-electron chi connectivity index (χ4n) is 3.15. The Morgan fingerprint density at radius 1 is 1.06 bits per heavy atom. The Balaban J connectivity index is 1.50. The molecule has 2 heteroatoms. The van der Waals surface area contributed by atoms with Crippen molar-refractivity contribution in [1.82, 2.24) is 5.32 Å². The molecule has 0 amide bonds. The van der Waals surface area contributed by atoms with Gasteiger partial charge in [-0.25, -0.2) is 0 Å². The van der Waals surface area contributed by atoms with Crippen LogP contribution in [0.25, 0.3) is 0 Å². The molecule has 2 fully saturated rings. The predicted octanol–water partition coefficient (Wildman–Crippen LogP) is 2.71. The van der Waals surface area contributed by atoms with Gasteiger partial charge in [0.2, 0.25) is 0 Å². The maximum atomic E-state index is 5.95. The van der Waals surface area contributed by atoms with Crippen LogP contribution in [0.5, 0.6) is 0 Å². The minimum atomic E-state index is 0.454. The average molecular weight is 244 g/mol. The van der Waals surface area contributed by atoms with Gasteiger partial charge in [-0.3, -0.25) is 0 Å². The Labute approximate surface area is 110 Å². The van der Waals surface area contributed by atoms with E-state index >= 15 is 0 Å². The molecule has 2 aliphatic rings. The number of hydrogen-bond acceptors (Lipinski definition) is 2. The number of nitrogens with one attached hydrogen (secondary N) is 1. The van der Waals surface area contributed by atoms with Crippen molar-refractivity contribution in [3.05, 3.63) is 35.4 Å². The van der Waals surface area contributed by atoms with Crippen LogP contribution in [-0.2, 0) is 0 Å². The summed E-state index contributed by atoms with van der Waals surface area (Å²) in [6, 6.07) is 10.9. The average Bonchev–Trinajstić information content (AvgIpc) is 3.12. The fraction of sp³-hybridized carbons (Fsp3) is 0.625. The van der Waals surface area contributed by atoms with E-state index in [9.17, 15) is 0 Å². The number of nitrogens with two attached hydrogens (primary N) is 1. The topological polar surface area (TPSA) is 38.0 Å². The van der Waals surface area contributed by atoms with Crippen molar-refractivity contribution in [3.8, 4) is 0 Å². The molecule has 3 N–H and O–H groups in total. The van der Waals surface area contributed by atoms with E-state index in [1.54, 1.807) is 0 Å². The summed E-state index contributed by atoms with van der Waals surface area (Å²) in [5.41, 5.74) is 8.81. The van der Waals surface area contributed by atoms with Crippen LogP contribution in [-0.4, -0.2) is 18.1 Å². The van der Waals surface area contributed by atoms with E-state index in [0.717, 1.165) is 5.92 Å². The van der Waals surface area contributed by atoms with Crippen LogP contribution >= 0.6 is 0 Å². The molecule has 1 aromatic carbocycles. The summed E-state index contributed by atoms with van der Waals surface area (Å²) >= 11 is 0. The van der Waals surface area contributed by atoms with Crippen LogP contribution in [0.4, 0.5) is 0 Å². The van der Waals surface area contributed by atoms with Gasteiger partial charge < -0.3 is 11.1 Å². The molecule has 2 saturated carbocycles. The molecule has 0 aromatic heterocycles. The molecular formula is C16H24N2. The summed E-state index contributed by atoms with van der Waals surface area (Å²) in [5, 5.41) is 3.82. The second-order valence-corrected chi connectivity index (χ2v) is 6.14. The van der Waals surface area contributed by atoms with Crippen LogP contribution in [0.15, 0.2) is 24.3 Å². The lowest BCUT2D eigenvalue weighted by Gasteiger charge is -2.27. The number of aryl methyl sites for hydroxylation is 1. The maximum Gasteiger partial charge on any atom is 0.0145 e. The summed E-state index contributed by atoms with van der Waals surface area (Å²) in [5.74, 6) is 0.751. The van der Waals surface area contributed by atoms with E-state index in [4.69, 9.17) is 5.73 Å². The molecule has 0 unspecified atom stereocenters. The van der Waals surface area contributed by atoms with Gasteiger partial charge in [0.15, 0.2) is 0 Å². The van der Waals surface area contributed by atoms with Gasteiger partial charge >= 0.3 is 0 Å². The van der Waals surface area contributed by atoms with Gasteiger partial charge in [-0.05, 0) is 44.6 Å². The van der Waals surface area contributed by atoms with Gasteiger partial charge in [0.05, 0.1) is 0 Å². The molecule has 0 bridgehead atoms. The van der Waals surface area contributed by atoms with Crippen LogP contribution < -0.4 is 11.1 Å². The molecule has 1 aromatic rings. The highest BCUT2D eigenvalue weighted by Crippen LogP contribution is 2.41. The van der Waals surface area contributed by atoms with Crippen molar-refractivity contribution in [2.45, 2.75) is 63.1 Å². The first-order valence-electron chi connectivity index (χ1n) is 7.30. The molecule has 3 rings (SSSR count). The third-order valence-corrected chi connectivity index (χ3v) is 4.52. The van der Waals surface area contributed by atoms with Crippen molar-refractivity contribution < 1.29 is 0 Å². The van der Waals surface area contributed by atoms with Gasteiger partial charge in [0, 0.05) is 24.0 Å². The van der Waals surface area contributed by atoms with Crippen molar-refractivity contribution in [1.29, 1.82) is 0 Å². The molecule has 18 heavy (non-hydrogen) atoms. The molecular weight excluding hydrogens is 220 g/mol. The summed E-state index contributed by atoms with van der Waals surface area (Å²) in [6.45, 7) is 2.15. The lowest BCUT2D eigenvalue weighted by atomic mass is 9.92. The Morgan fingerprint density at radius 2 is 1.72 bits per heavy atom. The first-order chi connectivity index (χ1) is 8.72. The summed E-state index contributed by atoms with van der Waals surface area (Å²) in [6.07, 6.45) is 6.22. The minimum absolute atomic E-state index is 0.454. The molecule has 0 aliphatic heterocycles. The van der Waals surface area contributed by atoms with Gasteiger partial charge in [-0.2, -0.15) is 0 Å². The predicted molar refractivity (Wildman–Crippen MR) is 75.7 cm³/mol. The van der Waals surface area contributed by atoms with Crippen LogP contribution in [0.1, 0.15) is 49.1 Å². The van der Waals surface area contributed by atoms with Crippen molar-refractivity contribution in [2.75, 3.05) is 0 Å². The number of rotatable bonds is 3. The monoisotopic (exact) mass is 244 g/mol. The number of benzene rings is 1. The first kappa shape index (κ1) is 12.2. The number of hydrogen-bond donors (Lipinski definition) is 2. The van der Waals surface area contributed by atoms with Crippen LogP contribution in [0.3, 0.4) is 0 Å². The smallest absolute Gasteiger partial charge is 0.0145 e. The largest absolute Gasteiger partial charge is 0.328 e. The SMILES string of the molecule is Cc1ccc([C@H]2C[C@@H]2NC2CCC(N)CC2)cc1. The molecule has 2 atom stereocenters. The lowest BCUT2D eigenvalue weighted by Crippen LogP contribution is -2.38. The van der Waals surface area contributed by atoms with Crippen LogP contribution in [0, 0.1) is 6.92 Å². The highest BCUT2D eigenvalue weighted by atomic mass is 15.0. The van der Waals surface area contributed by atoms with Gasteiger partial charge in [-0.1, -0.05) is 29.8 Å². The van der Waals surface area contributed by atoms with E-state index in [1.165, 1.54) is 43.2 Å². The molecule has 0 saturated heterocycles. The van der Waals surface area contributed by atoms with Gasteiger partial charge in [0.1, 0.15) is 0 Å². The van der Waals surface area contributed by atoms with Gasteiger partial charge in [-0.15, -0.1) is 0 Å². The van der Waals surface area contributed by atoms with Crippen LogP contribution in [0.2, 0.25) is 0 Å². The third-order valence-electron chi connectivity index (χ3n) is 4.52. The molecule has 2 aliphatic carbocycles. The zero-order valence-corrected chi connectivity index (χ0v) is 11.2. The van der Waals surface area contributed by atoms with E-state index in [1.807, 2.05) is 0 Å². The van der Waals surface area contributed by atoms with Gasteiger partial charge in [0.25, 0.3) is 0 Å². The Bertz CT molecular complexity index is 390. The zero-order valence-electron chi connectivity index (χ0n) is 11.2. The minimum Gasteiger partial charge on any atom is -0.328 e. The van der Waals surface area contributed by atoms with E-state index in [-0.39, 0.29) is 0 Å². The summed E-state index contributed by atoms with van der Waals surface area (Å²) in [7, 11) is 0. The molecule has 0 radical (unpaired) electrons. The fourth-order valence-corrected chi connectivity index (χ4v) is 3.15. The molecule has 98 valence electrons. The molecule has 0 spiro atoms. The zero-order chi connectivity index (χ0) is 12.5. The highest BCUT2D eigenvalue weighted by molar-refractivity contribution is 5.30. The molecule has 2 nitrogen and oxygen atoms in total. The Hall–Kier alpha value is -0.860. The van der Waals surface area contributed by atoms with E-state index < -0.39 is 0 Å². The Kier molecular flexibility index (Phi) is 3.40. The first-order valence-corrected chi connectivity index (χ1v) is 7.30. The van der Waals surface area contributed by atoms with Crippen molar-refractivity contribution in [3.63, 3.8) is 0 Å². The lowest BCUT2D eigenvalue weighted by molar-refractivity contribution is 0.339. The van der Waals surface area contributed by atoms with E-state index in [2.05, 4.69) is 36.5 Å². The molecule has 0 heterocycles. The van der Waals surface area contributed by atoms with E-state index in [0.29, 0.717) is 18.1 Å². The quantitative estimate of drug-likeness (QED) is 0.858. The second kappa shape index (κ2) is 5.02. The standard InChI is InChI=1S/C16H24N2/c1-11-2-4-12(5-3-11)15-10-16(15)18-14-8-6-13(17)7-9-14/h2-5,13-16,18H,6-10,17H2,1H3/t13?,14?,15-,16+/m1/s1. The van der Waals surface area contributed by atoms with Crippen molar-refractivity contribution in [2.24, 2.45) is 5.73 Å². The van der Waals surface area contributed by atoms with Crippen molar-refractivity contribution >= 4 is 0 Å². The summed E-state index contributed by atoms with van der Waals surface area (Å²) < 4.78 is 0. The summed E-state index contributed by atoms with van der Waals surface area (Å²) in [4.78, 5) is 0.